The molecule has 0 aliphatic carbocycles. The number of likely N-dealkylation sites (N-methyl/N-ethyl adjacent to an activating group) is 1. The molecule has 234 valence electrons. The van der Waals surface area contributed by atoms with E-state index in [2.05, 4.69) is 10.3 Å². The van der Waals surface area contributed by atoms with Crippen LogP contribution in [0.2, 0.25) is 0 Å². The van der Waals surface area contributed by atoms with Crippen LogP contribution in [0.1, 0.15) is 29.7 Å². The first-order chi connectivity index (χ1) is 21.4. The van der Waals surface area contributed by atoms with Crippen LogP contribution < -0.4 is 11.0 Å². The Morgan fingerprint density at radius 3 is 2.40 bits per heavy atom. The van der Waals surface area contributed by atoms with Gasteiger partial charge in [-0.1, -0.05) is 6.07 Å². The average molecular weight is 621 g/mol. The lowest BCUT2D eigenvalue weighted by atomic mass is 10.1. The summed E-state index contributed by atoms with van der Waals surface area (Å²) in [6.45, 7) is 2.65. The van der Waals surface area contributed by atoms with Crippen LogP contribution in [0.3, 0.4) is 0 Å². The first kappa shape index (κ1) is 31.3. The molecule has 3 heterocycles. The summed E-state index contributed by atoms with van der Waals surface area (Å²) in [6.07, 6.45) is -0.637. The fourth-order valence-corrected chi connectivity index (χ4v) is 5.45. The van der Waals surface area contributed by atoms with Crippen molar-refractivity contribution >= 4 is 11.9 Å². The number of nitrogens with one attached hydrogen (secondary N) is 1. The van der Waals surface area contributed by atoms with Gasteiger partial charge in [-0.15, -0.1) is 0 Å². The van der Waals surface area contributed by atoms with Crippen molar-refractivity contribution in [1.29, 1.82) is 5.26 Å². The number of benzene rings is 2. The summed E-state index contributed by atoms with van der Waals surface area (Å²) >= 11 is 0. The Balaban J connectivity index is 1.56. The number of hydrogen-bond acceptors (Lipinski definition) is 6. The van der Waals surface area contributed by atoms with Crippen molar-refractivity contribution in [2.45, 2.75) is 32.0 Å². The molecule has 1 fully saturated rings. The third kappa shape index (κ3) is 6.39. The fraction of sp³-hybridized carbons (Fsp3) is 0.323. The van der Waals surface area contributed by atoms with Gasteiger partial charge in [0.1, 0.15) is 5.69 Å². The molecule has 4 aromatic rings. The Bertz CT molecular complexity index is 1820. The summed E-state index contributed by atoms with van der Waals surface area (Å²) in [5, 5.41) is 12.1. The Hall–Kier alpha value is -5.16. The van der Waals surface area contributed by atoms with Gasteiger partial charge in [0.25, 0.3) is 0 Å². The van der Waals surface area contributed by atoms with Gasteiger partial charge in [-0.05, 0) is 76.3 Å². The Labute approximate surface area is 256 Å². The molecule has 1 aliphatic heterocycles. The van der Waals surface area contributed by atoms with E-state index in [-0.39, 0.29) is 41.4 Å². The van der Waals surface area contributed by atoms with E-state index in [0.29, 0.717) is 37.2 Å². The van der Waals surface area contributed by atoms with Crippen LogP contribution in [0.4, 0.5) is 18.0 Å². The molecular weight excluding hydrogens is 589 g/mol. The van der Waals surface area contributed by atoms with E-state index >= 15 is 0 Å². The largest absolute Gasteiger partial charge is 0.416 e. The highest BCUT2D eigenvalue weighted by molar-refractivity contribution is 5.83. The molecule has 0 saturated carbocycles. The second kappa shape index (κ2) is 12.4. The van der Waals surface area contributed by atoms with Gasteiger partial charge >= 0.3 is 17.9 Å². The van der Waals surface area contributed by atoms with Gasteiger partial charge in [-0.25, -0.2) is 19.1 Å². The quantitative estimate of drug-likeness (QED) is 0.350. The second-order valence-corrected chi connectivity index (χ2v) is 11.1. The number of rotatable bonds is 6. The summed E-state index contributed by atoms with van der Waals surface area (Å²) in [6, 6.07) is 11.8. The molecule has 0 spiro atoms. The number of amides is 2. The average Bonchev–Trinajstić information content (AvgIpc) is 3.58. The number of nitriles is 1. The lowest BCUT2D eigenvalue weighted by Crippen LogP contribution is -2.50. The number of alkyl halides is 3. The highest BCUT2D eigenvalue weighted by Gasteiger charge is 2.33. The molecule has 2 aromatic carbocycles. The Morgan fingerprint density at radius 1 is 1.09 bits per heavy atom. The van der Waals surface area contributed by atoms with E-state index in [0.717, 1.165) is 21.3 Å². The minimum Gasteiger partial charge on any atom is -0.341 e. The number of carbonyl (C=O) groups is 2. The van der Waals surface area contributed by atoms with Crippen LogP contribution in [0.15, 0.2) is 65.7 Å². The summed E-state index contributed by atoms with van der Waals surface area (Å²) in [7, 11) is 3.61. The molecule has 0 bridgehead atoms. The number of hydrogen-bond donors (Lipinski definition) is 1. The maximum absolute atomic E-state index is 14.0. The minimum atomic E-state index is -4.65. The maximum Gasteiger partial charge on any atom is 0.416 e. The third-order valence-corrected chi connectivity index (χ3v) is 7.67. The molecule has 1 aliphatic rings. The van der Waals surface area contributed by atoms with Gasteiger partial charge in [0, 0.05) is 37.2 Å². The van der Waals surface area contributed by atoms with Gasteiger partial charge in [0.15, 0.2) is 5.82 Å². The number of likely N-dealkylation sites (tertiary alicyclic amines) is 1. The number of aromatic nitrogens is 4. The SMILES string of the molecule is Cc1c(-c2nccn2-c2ccc(C#N)cc2)n(C(=O)NC2CCN(C(=O)CN(C)C)CC2)c(=O)n1-c1cccc(C(F)(F)F)c1. The van der Waals surface area contributed by atoms with E-state index in [1.807, 2.05) is 6.07 Å². The van der Waals surface area contributed by atoms with Gasteiger partial charge in [-0.2, -0.15) is 18.4 Å². The smallest absolute Gasteiger partial charge is 0.341 e. The van der Waals surface area contributed by atoms with Crippen LogP contribution in [0, 0.1) is 18.3 Å². The normalized spacial score (nSPS) is 14.0. The van der Waals surface area contributed by atoms with Crippen LogP contribution in [-0.4, -0.2) is 80.2 Å². The lowest BCUT2D eigenvalue weighted by Gasteiger charge is -2.33. The number of piperidine rings is 1. The van der Waals surface area contributed by atoms with Crippen LogP contribution >= 0.6 is 0 Å². The topological polar surface area (TPSA) is 121 Å². The molecule has 1 saturated heterocycles. The maximum atomic E-state index is 14.0. The molecule has 0 unspecified atom stereocenters. The third-order valence-electron chi connectivity index (χ3n) is 7.67. The zero-order valence-corrected chi connectivity index (χ0v) is 24.9. The van der Waals surface area contributed by atoms with Crippen LogP contribution in [0.25, 0.3) is 22.9 Å². The number of nitrogens with zero attached hydrogens (tertiary/aromatic N) is 7. The molecule has 0 atom stereocenters. The minimum absolute atomic E-state index is 0.0216. The lowest BCUT2D eigenvalue weighted by molar-refractivity contribution is -0.137. The molecule has 14 heteroatoms. The van der Waals surface area contributed by atoms with Gasteiger partial charge in [-0.3, -0.25) is 13.9 Å². The van der Waals surface area contributed by atoms with E-state index in [1.54, 1.807) is 58.9 Å². The summed E-state index contributed by atoms with van der Waals surface area (Å²) in [5.74, 6) is 0.172. The first-order valence-electron chi connectivity index (χ1n) is 14.2. The first-order valence-corrected chi connectivity index (χ1v) is 14.2. The van der Waals surface area contributed by atoms with Crippen molar-refractivity contribution in [2.24, 2.45) is 0 Å². The molecule has 1 N–H and O–H groups in total. The summed E-state index contributed by atoms with van der Waals surface area (Å²) < 4.78 is 44.4. The van der Waals surface area contributed by atoms with Gasteiger partial charge < -0.3 is 15.1 Å². The van der Waals surface area contributed by atoms with Crippen LogP contribution in [-0.2, 0) is 11.0 Å². The zero-order chi connectivity index (χ0) is 32.5. The highest BCUT2D eigenvalue weighted by Crippen LogP contribution is 2.32. The van der Waals surface area contributed by atoms with Crippen molar-refractivity contribution in [3.05, 3.63) is 88.2 Å². The van der Waals surface area contributed by atoms with Gasteiger partial charge in [0.05, 0.1) is 35.1 Å². The highest BCUT2D eigenvalue weighted by atomic mass is 19.4. The van der Waals surface area contributed by atoms with Crippen molar-refractivity contribution in [2.75, 3.05) is 33.7 Å². The summed E-state index contributed by atoms with van der Waals surface area (Å²) in [4.78, 5) is 48.3. The second-order valence-electron chi connectivity index (χ2n) is 11.1. The molecule has 11 nitrogen and oxygen atoms in total. The van der Waals surface area contributed by atoms with Gasteiger partial charge in [0.2, 0.25) is 5.91 Å². The summed E-state index contributed by atoms with van der Waals surface area (Å²) in [5.41, 5.74) is -0.584. The van der Waals surface area contributed by atoms with E-state index < -0.39 is 23.5 Å². The van der Waals surface area contributed by atoms with E-state index in [4.69, 9.17) is 0 Å². The predicted molar refractivity (Wildman–Crippen MR) is 159 cm³/mol. The number of carbonyl (C=O) groups excluding carboxylic acids is 2. The monoisotopic (exact) mass is 620 g/mol. The molecule has 0 radical (unpaired) electrons. The van der Waals surface area contributed by atoms with Crippen molar-refractivity contribution in [1.82, 2.24) is 33.8 Å². The molecule has 2 aromatic heterocycles. The van der Waals surface area contributed by atoms with E-state index in [1.165, 1.54) is 25.3 Å². The zero-order valence-electron chi connectivity index (χ0n) is 24.9. The Morgan fingerprint density at radius 2 is 1.78 bits per heavy atom. The fourth-order valence-electron chi connectivity index (χ4n) is 5.45. The van der Waals surface area contributed by atoms with Crippen LogP contribution in [0.5, 0.6) is 0 Å². The van der Waals surface area contributed by atoms with E-state index in [9.17, 15) is 32.8 Å². The predicted octanol–water partition coefficient (Wildman–Crippen LogP) is 3.80. The molecule has 5 rings (SSSR count). The Kier molecular flexibility index (Phi) is 8.65. The van der Waals surface area contributed by atoms with Crippen molar-refractivity contribution < 1.29 is 22.8 Å². The van der Waals surface area contributed by atoms with Crippen molar-refractivity contribution in [3.63, 3.8) is 0 Å². The molecule has 2 amide bonds. The number of halogens is 3. The number of imidazole rings is 2. The molecule has 45 heavy (non-hydrogen) atoms. The standard InChI is InChI=1S/C31H31F3N8O3/c1-20-27(28-36-13-16-40(28)24-9-7-21(18-35)8-10-24)42(30(45)41(20)25-6-4-5-22(17-25)31(32,33)34)29(44)37-23-11-14-39(15-12-23)26(43)19-38(2)3/h4-10,13,16-17,23H,11-12,14-15,19H2,1-3H3,(H,37,44). The molecular formula is C31H31F3N8O3. The van der Waals surface area contributed by atoms with Crippen molar-refractivity contribution in [3.8, 4) is 29.0 Å².